The van der Waals surface area contributed by atoms with E-state index in [2.05, 4.69) is 15.5 Å². The molecule has 1 aliphatic rings. The van der Waals surface area contributed by atoms with Crippen molar-refractivity contribution in [2.24, 2.45) is 0 Å². The van der Waals surface area contributed by atoms with Crippen molar-refractivity contribution in [2.45, 2.75) is 24.2 Å². The fourth-order valence-corrected chi connectivity index (χ4v) is 4.02. The van der Waals surface area contributed by atoms with Gasteiger partial charge in [0.1, 0.15) is 6.10 Å². The SMILES string of the molecule is COCCCn1c(=O)c2ccccc2n2c(SCC3CNC(=O)O3)nnc12. The van der Waals surface area contributed by atoms with E-state index in [1.54, 1.807) is 17.7 Å². The lowest BCUT2D eigenvalue weighted by Gasteiger charge is -2.11. The van der Waals surface area contributed by atoms with Gasteiger partial charge in [0.2, 0.25) is 5.78 Å². The Bertz CT molecular complexity index is 1050. The Morgan fingerprint density at radius 1 is 1.33 bits per heavy atom. The number of ether oxygens (including phenoxy) is 2. The van der Waals surface area contributed by atoms with Crippen molar-refractivity contribution in [1.29, 1.82) is 0 Å². The minimum Gasteiger partial charge on any atom is -0.443 e. The van der Waals surface area contributed by atoms with Gasteiger partial charge in [0, 0.05) is 26.0 Å². The summed E-state index contributed by atoms with van der Waals surface area (Å²) in [7, 11) is 1.63. The molecule has 1 amide bonds. The first-order valence-corrected chi connectivity index (χ1v) is 9.60. The number of hydrogen-bond acceptors (Lipinski definition) is 7. The van der Waals surface area contributed by atoms with Crippen LogP contribution in [-0.4, -0.2) is 57.4 Å². The maximum atomic E-state index is 12.9. The van der Waals surface area contributed by atoms with Crippen LogP contribution in [-0.2, 0) is 16.0 Å². The summed E-state index contributed by atoms with van der Waals surface area (Å²) in [6.45, 7) is 1.53. The van der Waals surface area contributed by atoms with Crippen LogP contribution in [0.5, 0.6) is 0 Å². The van der Waals surface area contributed by atoms with Gasteiger partial charge in [-0.2, -0.15) is 0 Å². The van der Waals surface area contributed by atoms with E-state index in [9.17, 15) is 9.59 Å². The summed E-state index contributed by atoms with van der Waals surface area (Å²) in [6.07, 6.45) is 0.0848. The number of aryl methyl sites for hydroxylation is 1. The van der Waals surface area contributed by atoms with Crippen molar-refractivity contribution in [1.82, 2.24) is 24.5 Å². The van der Waals surface area contributed by atoms with Crippen molar-refractivity contribution < 1.29 is 14.3 Å². The molecule has 0 bridgehead atoms. The molecule has 27 heavy (non-hydrogen) atoms. The number of benzene rings is 1. The molecular formula is C17H19N5O4S. The molecular weight excluding hydrogens is 370 g/mol. The molecule has 0 radical (unpaired) electrons. The number of alkyl carbamates (subject to hydrolysis) is 1. The van der Waals surface area contributed by atoms with E-state index in [1.807, 2.05) is 22.6 Å². The highest BCUT2D eigenvalue weighted by Gasteiger charge is 2.24. The van der Waals surface area contributed by atoms with Gasteiger partial charge in [0.15, 0.2) is 5.16 Å². The predicted octanol–water partition coefficient (Wildman–Crippen LogP) is 1.28. The van der Waals surface area contributed by atoms with Crippen molar-refractivity contribution in [3.05, 3.63) is 34.6 Å². The number of rotatable bonds is 7. The van der Waals surface area contributed by atoms with Crippen LogP contribution in [0.4, 0.5) is 4.79 Å². The second-order valence-electron chi connectivity index (χ2n) is 6.16. The number of aromatic nitrogens is 4. The fourth-order valence-electron chi connectivity index (χ4n) is 3.09. The van der Waals surface area contributed by atoms with Crippen LogP contribution in [0.2, 0.25) is 0 Å². The molecule has 1 aliphatic heterocycles. The van der Waals surface area contributed by atoms with E-state index in [0.29, 0.717) is 48.2 Å². The Labute approximate surface area is 158 Å². The van der Waals surface area contributed by atoms with E-state index in [4.69, 9.17) is 9.47 Å². The largest absolute Gasteiger partial charge is 0.443 e. The number of methoxy groups -OCH3 is 1. The zero-order valence-corrected chi connectivity index (χ0v) is 15.6. The number of amides is 1. The molecule has 1 N–H and O–H groups in total. The first-order valence-electron chi connectivity index (χ1n) is 8.62. The molecule has 1 fully saturated rings. The first-order chi connectivity index (χ1) is 13.2. The lowest BCUT2D eigenvalue weighted by Crippen LogP contribution is -2.24. The number of hydrogen-bond donors (Lipinski definition) is 1. The van der Waals surface area contributed by atoms with Crippen molar-refractivity contribution in [3.8, 4) is 0 Å². The molecule has 4 rings (SSSR count). The molecule has 3 aromatic rings. The zero-order chi connectivity index (χ0) is 18.8. The van der Waals surface area contributed by atoms with Gasteiger partial charge >= 0.3 is 6.09 Å². The van der Waals surface area contributed by atoms with Gasteiger partial charge in [-0.3, -0.25) is 13.8 Å². The molecule has 0 aliphatic carbocycles. The molecule has 0 saturated carbocycles. The zero-order valence-electron chi connectivity index (χ0n) is 14.8. The molecule has 3 heterocycles. The van der Waals surface area contributed by atoms with Gasteiger partial charge in [-0.15, -0.1) is 10.2 Å². The topological polar surface area (TPSA) is 99.8 Å². The fraction of sp³-hybridized carbons (Fsp3) is 0.412. The minimum atomic E-state index is -0.399. The monoisotopic (exact) mass is 389 g/mol. The van der Waals surface area contributed by atoms with Gasteiger partial charge in [-0.1, -0.05) is 23.9 Å². The summed E-state index contributed by atoms with van der Waals surface area (Å²) in [6, 6.07) is 7.41. The minimum absolute atomic E-state index is 0.0907. The number of fused-ring (bicyclic) bond motifs is 3. The lowest BCUT2D eigenvalue weighted by atomic mass is 10.2. The molecule has 1 atom stereocenters. The molecule has 1 aromatic carbocycles. The molecule has 0 spiro atoms. The summed E-state index contributed by atoms with van der Waals surface area (Å²) in [5.74, 6) is 1.05. The van der Waals surface area contributed by atoms with Gasteiger partial charge < -0.3 is 14.8 Å². The second-order valence-corrected chi connectivity index (χ2v) is 7.14. The van der Waals surface area contributed by atoms with E-state index in [1.165, 1.54) is 11.8 Å². The van der Waals surface area contributed by atoms with E-state index in [0.717, 1.165) is 5.52 Å². The molecule has 2 aromatic heterocycles. The standard InChI is InChI=1S/C17H19N5O4S/c1-25-8-4-7-21-14(23)12-5-2-3-6-13(12)22-15(21)19-20-16(22)27-10-11-9-18-17(24)26-11/h2-3,5-6,11H,4,7-10H2,1H3,(H,18,24). The predicted molar refractivity (Wildman–Crippen MR) is 100 cm³/mol. The summed E-state index contributed by atoms with van der Waals surface area (Å²) in [4.78, 5) is 24.1. The average Bonchev–Trinajstić information content (AvgIpc) is 3.29. The molecule has 1 unspecified atom stereocenters. The number of para-hydroxylation sites is 1. The van der Waals surface area contributed by atoms with Crippen molar-refractivity contribution in [3.63, 3.8) is 0 Å². The van der Waals surface area contributed by atoms with E-state index in [-0.39, 0.29) is 11.7 Å². The number of thioether (sulfide) groups is 1. The molecule has 1 saturated heterocycles. The van der Waals surface area contributed by atoms with Crippen molar-refractivity contribution >= 4 is 34.5 Å². The summed E-state index contributed by atoms with van der Waals surface area (Å²) in [5, 5.41) is 12.4. The molecule has 142 valence electrons. The smallest absolute Gasteiger partial charge is 0.407 e. The maximum Gasteiger partial charge on any atom is 0.407 e. The number of carbonyl (C=O) groups is 1. The van der Waals surface area contributed by atoms with Gasteiger partial charge in [0.05, 0.1) is 17.4 Å². The maximum absolute atomic E-state index is 12.9. The summed E-state index contributed by atoms with van der Waals surface area (Å²) >= 11 is 1.45. The van der Waals surface area contributed by atoms with Crippen LogP contribution in [0.1, 0.15) is 6.42 Å². The van der Waals surface area contributed by atoms with Gasteiger partial charge in [-0.05, 0) is 18.6 Å². The first kappa shape index (κ1) is 17.8. The van der Waals surface area contributed by atoms with Crippen molar-refractivity contribution in [2.75, 3.05) is 26.0 Å². The number of nitrogens with one attached hydrogen (secondary N) is 1. The van der Waals surface area contributed by atoms with Crippen LogP contribution in [0.3, 0.4) is 0 Å². The van der Waals surface area contributed by atoms with Gasteiger partial charge in [-0.25, -0.2) is 4.79 Å². The Morgan fingerprint density at radius 2 is 2.19 bits per heavy atom. The Morgan fingerprint density at radius 3 is 2.96 bits per heavy atom. The van der Waals surface area contributed by atoms with Crippen LogP contribution < -0.4 is 10.9 Å². The normalized spacial score (nSPS) is 16.8. The lowest BCUT2D eigenvalue weighted by molar-refractivity contribution is 0.150. The molecule has 10 heteroatoms. The van der Waals surface area contributed by atoms with E-state index >= 15 is 0 Å². The number of cyclic esters (lactones) is 1. The Balaban J connectivity index is 1.75. The third-order valence-corrected chi connectivity index (χ3v) is 5.42. The van der Waals surface area contributed by atoms with Crippen LogP contribution in [0.25, 0.3) is 16.7 Å². The third-order valence-electron chi connectivity index (χ3n) is 4.35. The highest BCUT2D eigenvalue weighted by atomic mass is 32.2. The van der Waals surface area contributed by atoms with Crippen LogP contribution in [0.15, 0.2) is 34.2 Å². The van der Waals surface area contributed by atoms with Gasteiger partial charge in [0.25, 0.3) is 5.56 Å². The summed E-state index contributed by atoms with van der Waals surface area (Å²) < 4.78 is 13.8. The molecule has 9 nitrogen and oxygen atoms in total. The second kappa shape index (κ2) is 7.57. The number of carbonyl (C=O) groups excluding carboxylic acids is 1. The highest BCUT2D eigenvalue weighted by molar-refractivity contribution is 7.99. The third kappa shape index (κ3) is 3.37. The Kier molecular flexibility index (Phi) is 4.99. The quantitative estimate of drug-likeness (QED) is 0.480. The average molecular weight is 389 g/mol. The summed E-state index contributed by atoms with van der Waals surface area (Å²) in [5.41, 5.74) is 0.668. The van der Waals surface area contributed by atoms with Crippen LogP contribution >= 0.6 is 11.8 Å². The highest BCUT2D eigenvalue weighted by Crippen LogP contribution is 2.23. The van der Waals surface area contributed by atoms with E-state index < -0.39 is 6.09 Å². The Hall–Kier alpha value is -2.59. The van der Waals surface area contributed by atoms with Crippen LogP contribution in [0, 0.1) is 0 Å². The number of nitrogens with zero attached hydrogens (tertiary/aromatic N) is 4.